The molecular weight excluding hydrogens is 326 g/mol. The van der Waals surface area contributed by atoms with Crippen molar-refractivity contribution in [2.45, 2.75) is 44.1 Å². The average molecular weight is 347 g/mol. The highest BCUT2D eigenvalue weighted by Crippen LogP contribution is 2.31. The van der Waals surface area contributed by atoms with E-state index in [2.05, 4.69) is 4.98 Å². The summed E-state index contributed by atoms with van der Waals surface area (Å²) in [6.45, 7) is 0. The van der Waals surface area contributed by atoms with E-state index in [9.17, 15) is 9.59 Å². The van der Waals surface area contributed by atoms with Gasteiger partial charge in [0, 0.05) is 24.0 Å². The number of pyridine rings is 1. The van der Waals surface area contributed by atoms with Crippen LogP contribution in [0.5, 0.6) is 0 Å². The van der Waals surface area contributed by atoms with Crippen molar-refractivity contribution in [1.82, 2.24) is 4.98 Å². The van der Waals surface area contributed by atoms with Crippen molar-refractivity contribution in [3.8, 4) is 0 Å². The summed E-state index contributed by atoms with van der Waals surface area (Å²) in [6.07, 6.45) is 9.12. The number of nitrogens with zero attached hydrogens (tertiary/aromatic N) is 3. The molecule has 5 heteroatoms. The second kappa shape index (κ2) is 7.20. The molecule has 0 spiro atoms. The van der Waals surface area contributed by atoms with E-state index in [1.54, 1.807) is 36.7 Å². The molecule has 0 bridgehead atoms. The van der Waals surface area contributed by atoms with Gasteiger partial charge in [0.2, 0.25) is 5.91 Å². The van der Waals surface area contributed by atoms with Crippen LogP contribution in [0.2, 0.25) is 0 Å². The summed E-state index contributed by atoms with van der Waals surface area (Å²) in [5.74, 6) is -0.806. The molecule has 1 aliphatic carbocycles. The third kappa shape index (κ3) is 3.05. The van der Waals surface area contributed by atoms with Gasteiger partial charge >= 0.3 is 0 Å². The second-order valence-corrected chi connectivity index (χ2v) is 6.82. The number of imide groups is 1. The van der Waals surface area contributed by atoms with Crippen molar-refractivity contribution in [3.63, 3.8) is 0 Å². The third-order valence-electron chi connectivity index (χ3n) is 5.11. The molecule has 1 aromatic heterocycles. The van der Waals surface area contributed by atoms with Gasteiger partial charge in [-0.2, -0.15) is 0 Å². The van der Waals surface area contributed by atoms with Crippen LogP contribution in [0.4, 0.5) is 5.82 Å². The van der Waals surface area contributed by atoms with Crippen LogP contribution >= 0.6 is 0 Å². The largest absolute Gasteiger partial charge is 0.293 e. The van der Waals surface area contributed by atoms with Crippen LogP contribution in [0.25, 0.3) is 0 Å². The van der Waals surface area contributed by atoms with Crippen LogP contribution in [0.1, 0.15) is 53.9 Å². The van der Waals surface area contributed by atoms with Gasteiger partial charge in [0.15, 0.2) is 0 Å². The highest BCUT2D eigenvalue weighted by Gasteiger charge is 2.39. The van der Waals surface area contributed by atoms with Crippen molar-refractivity contribution in [2.75, 3.05) is 4.90 Å². The number of benzene rings is 1. The van der Waals surface area contributed by atoms with Gasteiger partial charge in [0.05, 0.1) is 5.92 Å². The Morgan fingerprint density at radius 2 is 1.77 bits per heavy atom. The van der Waals surface area contributed by atoms with Gasteiger partial charge in [-0.1, -0.05) is 43.5 Å². The van der Waals surface area contributed by atoms with E-state index < -0.39 is 5.92 Å². The molecule has 0 N–H and O–H groups in total. The molecule has 2 aliphatic rings. The maximum atomic E-state index is 13.1. The van der Waals surface area contributed by atoms with Crippen molar-refractivity contribution < 1.29 is 9.59 Å². The number of hydrogen-bond donors (Lipinski definition) is 0. The summed E-state index contributed by atoms with van der Waals surface area (Å²) >= 11 is 0. The van der Waals surface area contributed by atoms with E-state index in [4.69, 9.17) is 4.99 Å². The summed E-state index contributed by atoms with van der Waals surface area (Å²) in [5.41, 5.74) is 1.27. The summed E-state index contributed by atoms with van der Waals surface area (Å²) < 4.78 is 0. The number of rotatable bonds is 3. The predicted octanol–water partition coefficient (Wildman–Crippen LogP) is 3.76. The SMILES string of the molecule is O=C1c2ccccc2[C@@H](C=NC2CCCCC2)C(=O)N1c1ccccn1. The zero-order valence-electron chi connectivity index (χ0n) is 14.5. The Bertz CT molecular complexity index is 841. The first-order valence-corrected chi connectivity index (χ1v) is 9.17. The summed E-state index contributed by atoms with van der Waals surface area (Å²) in [6, 6.07) is 12.8. The van der Waals surface area contributed by atoms with Crippen molar-refractivity contribution >= 4 is 23.8 Å². The standard InChI is InChI=1S/C21H21N3O2/c25-20-17-11-5-4-10-16(17)18(14-23-15-8-2-1-3-9-15)21(26)24(20)19-12-6-7-13-22-19/h4-7,10-15,18H,1-3,8-9H2/t18-/m1/s1. The first kappa shape index (κ1) is 16.6. The number of aliphatic imine (C=N–C) groups is 1. The van der Waals surface area contributed by atoms with Gasteiger partial charge in [0.1, 0.15) is 5.82 Å². The van der Waals surface area contributed by atoms with Crippen LogP contribution < -0.4 is 4.90 Å². The Hall–Kier alpha value is -2.82. The van der Waals surface area contributed by atoms with Crippen LogP contribution in [0.3, 0.4) is 0 Å². The van der Waals surface area contributed by atoms with E-state index in [1.807, 2.05) is 18.2 Å². The normalized spacial score (nSPS) is 21.2. The Morgan fingerprint density at radius 1 is 1.00 bits per heavy atom. The van der Waals surface area contributed by atoms with E-state index in [-0.39, 0.29) is 17.9 Å². The predicted molar refractivity (Wildman–Crippen MR) is 101 cm³/mol. The highest BCUT2D eigenvalue weighted by atomic mass is 16.2. The van der Waals surface area contributed by atoms with Crippen molar-refractivity contribution in [3.05, 3.63) is 59.8 Å². The molecule has 0 radical (unpaired) electrons. The minimum absolute atomic E-state index is 0.282. The lowest BCUT2D eigenvalue weighted by atomic mass is 9.88. The number of hydrogen-bond acceptors (Lipinski definition) is 4. The van der Waals surface area contributed by atoms with Gasteiger partial charge < -0.3 is 0 Å². The number of anilines is 1. The number of fused-ring (bicyclic) bond motifs is 1. The second-order valence-electron chi connectivity index (χ2n) is 6.82. The van der Waals surface area contributed by atoms with Crippen molar-refractivity contribution in [1.29, 1.82) is 0 Å². The molecule has 2 aromatic rings. The molecule has 1 aliphatic heterocycles. The molecule has 5 nitrogen and oxygen atoms in total. The topological polar surface area (TPSA) is 62.6 Å². The first-order valence-electron chi connectivity index (χ1n) is 9.17. The quantitative estimate of drug-likeness (QED) is 0.627. The molecule has 0 unspecified atom stereocenters. The molecular formula is C21H21N3O2. The number of carbonyl (C=O) groups excluding carboxylic acids is 2. The van der Waals surface area contributed by atoms with E-state index in [1.165, 1.54) is 24.2 Å². The fourth-order valence-corrected chi connectivity index (χ4v) is 3.74. The number of carbonyl (C=O) groups is 2. The van der Waals surface area contributed by atoms with Crippen LogP contribution in [0, 0.1) is 0 Å². The first-order chi connectivity index (χ1) is 12.8. The maximum Gasteiger partial charge on any atom is 0.266 e. The Morgan fingerprint density at radius 3 is 2.54 bits per heavy atom. The van der Waals surface area contributed by atoms with Gasteiger partial charge in [0.25, 0.3) is 5.91 Å². The lowest BCUT2D eigenvalue weighted by molar-refractivity contribution is -0.118. The molecule has 1 aromatic carbocycles. The highest BCUT2D eigenvalue weighted by molar-refractivity contribution is 6.28. The molecule has 2 amide bonds. The Labute approximate surface area is 152 Å². The van der Waals surface area contributed by atoms with Gasteiger partial charge in [-0.05, 0) is 36.6 Å². The van der Waals surface area contributed by atoms with E-state index in [0.717, 1.165) is 18.4 Å². The Kier molecular flexibility index (Phi) is 4.61. The zero-order chi connectivity index (χ0) is 17.9. The number of amides is 2. The van der Waals surface area contributed by atoms with Crippen molar-refractivity contribution in [2.24, 2.45) is 4.99 Å². The molecule has 1 atom stereocenters. The maximum absolute atomic E-state index is 13.1. The van der Waals surface area contributed by atoms with Gasteiger partial charge in [-0.15, -0.1) is 0 Å². The van der Waals surface area contributed by atoms with Gasteiger partial charge in [-0.3, -0.25) is 14.6 Å². The minimum atomic E-state index is -0.548. The lowest BCUT2D eigenvalue weighted by Crippen LogP contribution is -2.46. The molecule has 0 saturated heterocycles. The summed E-state index contributed by atoms with van der Waals surface area (Å²) in [7, 11) is 0. The average Bonchev–Trinajstić information content (AvgIpc) is 2.70. The fraction of sp³-hybridized carbons (Fsp3) is 0.333. The third-order valence-corrected chi connectivity index (χ3v) is 5.11. The monoisotopic (exact) mass is 347 g/mol. The molecule has 1 saturated carbocycles. The molecule has 132 valence electrons. The Balaban J connectivity index is 1.72. The van der Waals surface area contributed by atoms with Gasteiger partial charge in [-0.25, -0.2) is 9.88 Å². The van der Waals surface area contributed by atoms with Crippen LogP contribution in [-0.2, 0) is 4.79 Å². The van der Waals surface area contributed by atoms with Crippen LogP contribution in [-0.4, -0.2) is 29.1 Å². The minimum Gasteiger partial charge on any atom is -0.293 e. The fourth-order valence-electron chi connectivity index (χ4n) is 3.74. The molecule has 2 heterocycles. The van der Waals surface area contributed by atoms with E-state index in [0.29, 0.717) is 11.4 Å². The summed E-state index contributed by atoms with van der Waals surface area (Å²) in [4.78, 5) is 36.1. The van der Waals surface area contributed by atoms with E-state index >= 15 is 0 Å². The number of aromatic nitrogens is 1. The molecule has 4 rings (SSSR count). The van der Waals surface area contributed by atoms with Crippen LogP contribution in [0.15, 0.2) is 53.7 Å². The molecule has 26 heavy (non-hydrogen) atoms. The smallest absolute Gasteiger partial charge is 0.266 e. The lowest BCUT2D eigenvalue weighted by Gasteiger charge is -2.30. The zero-order valence-corrected chi connectivity index (χ0v) is 14.5. The molecule has 1 fully saturated rings. The summed E-state index contributed by atoms with van der Waals surface area (Å²) in [5, 5.41) is 0.